The molecule has 0 spiro atoms. The molecule has 0 saturated heterocycles. The molecule has 156 valence electrons. The molecule has 2 heterocycles. The zero-order valence-electron chi connectivity index (χ0n) is 16.9. The van der Waals surface area contributed by atoms with E-state index in [0.29, 0.717) is 17.2 Å². The number of pyridine rings is 1. The van der Waals surface area contributed by atoms with Gasteiger partial charge in [0.2, 0.25) is 0 Å². The Morgan fingerprint density at radius 3 is 2.70 bits per heavy atom. The molecular weight excluding hydrogens is 405 g/mol. The van der Waals surface area contributed by atoms with E-state index < -0.39 is 17.9 Å². The number of hydrogen-bond acceptors (Lipinski definition) is 7. The number of aromatic nitrogens is 1. The molecule has 1 N–H and O–H groups in total. The van der Waals surface area contributed by atoms with Gasteiger partial charge in [-0.3, -0.25) is 4.98 Å². The van der Waals surface area contributed by atoms with Crippen LogP contribution in [-0.2, 0) is 4.74 Å². The topological polar surface area (TPSA) is 84.2 Å². The highest BCUT2D eigenvalue weighted by Crippen LogP contribution is 2.36. The van der Waals surface area contributed by atoms with Crippen molar-refractivity contribution in [2.24, 2.45) is 0 Å². The molecule has 6 nitrogen and oxygen atoms in total. The van der Waals surface area contributed by atoms with Gasteiger partial charge in [0.25, 0.3) is 0 Å². The fourth-order valence-corrected chi connectivity index (χ4v) is 3.63. The fourth-order valence-electron chi connectivity index (χ4n) is 2.66. The smallest absolute Gasteiger partial charge is 0.338 e. The number of benzene rings is 1. The van der Waals surface area contributed by atoms with Gasteiger partial charge in [-0.15, -0.1) is 0 Å². The Bertz CT molecular complexity index is 1070. The summed E-state index contributed by atoms with van der Waals surface area (Å²) in [5, 5.41) is 14.0. The highest BCUT2D eigenvalue weighted by atomic mass is 32.1. The molecule has 1 atom stereocenters. The van der Waals surface area contributed by atoms with E-state index >= 15 is 0 Å². The van der Waals surface area contributed by atoms with E-state index in [4.69, 9.17) is 9.47 Å². The molecule has 0 saturated carbocycles. The largest absolute Gasteiger partial charge is 0.479 e. The van der Waals surface area contributed by atoms with Gasteiger partial charge in [-0.25, -0.2) is 9.18 Å². The van der Waals surface area contributed by atoms with Crippen LogP contribution in [0.4, 0.5) is 4.39 Å². The molecule has 0 amide bonds. The zero-order chi connectivity index (χ0) is 21.7. The molecular formula is C22H22FN3O3S. The van der Waals surface area contributed by atoms with Gasteiger partial charge < -0.3 is 14.8 Å². The van der Waals surface area contributed by atoms with Gasteiger partial charge in [0.15, 0.2) is 5.06 Å². The van der Waals surface area contributed by atoms with Crippen molar-refractivity contribution in [1.82, 2.24) is 10.3 Å². The molecule has 3 aromatic rings. The molecule has 0 fully saturated rings. The fraction of sp³-hybridized carbons (Fsp3) is 0.318. The summed E-state index contributed by atoms with van der Waals surface area (Å²) in [6.07, 6.45) is 2.67. The zero-order valence-corrected chi connectivity index (χ0v) is 17.8. The molecule has 0 aliphatic carbocycles. The molecule has 1 aromatic carbocycles. The Kier molecular flexibility index (Phi) is 6.65. The quantitative estimate of drug-likeness (QED) is 0.566. The number of nitrogens with one attached hydrogen (secondary N) is 1. The van der Waals surface area contributed by atoms with Crippen LogP contribution in [0.25, 0.3) is 10.1 Å². The summed E-state index contributed by atoms with van der Waals surface area (Å²) in [5.74, 6) is -0.996. The number of esters is 1. The summed E-state index contributed by atoms with van der Waals surface area (Å²) < 4.78 is 25.5. The van der Waals surface area contributed by atoms with Gasteiger partial charge >= 0.3 is 5.97 Å². The lowest BCUT2D eigenvalue weighted by molar-refractivity contribution is 0.0165. The van der Waals surface area contributed by atoms with Gasteiger partial charge in [0, 0.05) is 34.6 Å². The number of rotatable bonds is 7. The molecule has 0 bridgehead atoms. The lowest BCUT2D eigenvalue weighted by Crippen LogP contribution is -2.44. The van der Waals surface area contributed by atoms with Gasteiger partial charge in [-0.2, -0.15) is 5.26 Å². The summed E-state index contributed by atoms with van der Waals surface area (Å²) in [7, 11) is 0. The van der Waals surface area contributed by atoms with E-state index in [1.807, 2.05) is 26.8 Å². The van der Waals surface area contributed by atoms with Crippen LogP contribution in [-0.4, -0.2) is 35.7 Å². The van der Waals surface area contributed by atoms with E-state index in [9.17, 15) is 14.4 Å². The molecule has 1 unspecified atom stereocenters. The summed E-state index contributed by atoms with van der Waals surface area (Å²) in [4.78, 5) is 16.5. The number of fused-ring (bicyclic) bond motifs is 1. The van der Waals surface area contributed by atoms with Crippen LogP contribution < -0.4 is 10.1 Å². The van der Waals surface area contributed by atoms with Gasteiger partial charge in [-0.1, -0.05) is 11.3 Å². The maximum absolute atomic E-state index is 13.1. The number of carbonyl (C=O) groups excluding carboxylic acids is 1. The van der Waals surface area contributed by atoms with Crippen LogP contribution in [0.5, 0.6) is 5.06 Å². The maximum Gasteiger partial charge on any atom is 0.338 e. The second-order valence-electron chi connectivity index (χ2n) is 7.72. The Balaban J connectivity index is 1.75. The summed E-state index contributed by atoms with van der Waals surface area (Å²) in [6, 6.07) is 9.14. The minimum atomic E-state index is -0.614. The minimum absolute atomic E-state index is 0.0605. The number of nitriles is 1. The van der Waals surface area contributed by atoms with Crippen LogP contribution >= 0.6 is 11.3 Å². The first-order valence-electron chi connectivity index (χ1n) is 9.38. The number of halogens is 1. The Hall–Kier alpha value is -3.02. The molecule has 0 aliphatic heterocycles. The number of thiophene rings is 1. The second kappa shape index (κ2) is 9.20. The van der Waals surface area contributed by atoms with E-state index in [0.717, 1.165) is 10.1 Å². The van der Waals surface area contributed by atoms with Crippen molar-refractivity contribution in [3.63, 3.8) is 0 Å². The number of carbonyl (C=O) groups is 1. The van der Waals surface area contributed by atoms with Crippen molar-refractivity contribution >= 4 is 27.4 Å². The Morgan fingerprint density at radius 2 is 2.03 bits per heavy atom. The number of hydrogen-bond donors (Lipinski definition) is 1. The molecule has 2 aromatic heterocycles. The molecule has 8 heteroatoms. The third kappa shape index (κ3) is 5.53. The minimum Gasteiger partial charge on any atom is -0.479 e. The molecule has 0 radical (unpaired) electrons. The second-order valence-corrected chi connectivity index (χ2v) is 8.74. The Labute approximate surface area is 178 Å². The monoisotopic (exact) mass is 427 g/mol. The first kappa shape index (κ1) is 21.7. The molecule has 30 heavy (non-hydrogen) atoms. The van der Waals surface area contributed by atoms with E-state index in [1.165, 1.54) is 35.6 Å². The van der Waals surface area contributed by atoms with Crippen molar-refractivity contribution in [2.45, 2.75) is 32.4 Å². The SMILES string of the molecule is CC(C)(C)NCC(COc1sc2ccncc2c1C#N)OC(=O)c1ccc(F)cc1. The normalized spacial score (nSPS) is 12.4. The lowest BCUT2D eigenvalue weighted by Gasteiger charge is -2.25. The standard InChI is InChI=1S/C22H22FN3O3S/c1-22(2,3)26-11-16(29-20(27)14-4-6-15(23)7-5-14)13-28-21-17(10-24)18-12-25-9-8-19(18)30-21/h4-9,12,16,26H,11,13H2,1-3H3. The van der Waals surface area contributed by atoms with Crippen molar-refractivity contribution in [2.75, 3.05) is 13.2 Å². The average Bonchev–Trinajstić information content (AvgIpc) is 3.07. The highest BCUT2D eigenvalue weighted by molar-refractivity contribution is 7.21. The van der Waals surface area contributed by atoms with E-state index in [1.54, 1.807) is 12.4 Å². The van der Waals surface area contributed by atoms with Crippen LogP contribution in [0.3, 0.4) is 0 Å². The van der Waals surface area contributed by atoms with Crippen LogP contribution in [0, 0.1) is 17.1 Å². The number of ether oxygens (including phenoxy) is 2. The van der Waals surface area contributed by atoms with Crippen molar-refractivity contribution in [1.29, 1.82) is 5.26 Å². The van der Waals surface area contributed by atoms with Crippen molar-refractivity contribution < 1.29 is 18.7 Å². The lowest BCUT2D eigenvalue weighted by atomic mass is 10.1. The number of nitrogens with zero attached hydrogens (tertiary/aromatic N) is 2. The van der Waals surface area contributed by atoms with Crippen molar-refractivity contribution in [3.8, 4) is 11.1 Å². The summed E-state index contributed by atoms with van der Waals surface area (Å²) in [5.41, 5.74) is 0.472. The Morgan fingerprint density at radius 1 is 1.30 bits per heavy atom. The van der Waals surface area contributed by atoms with Crippen LogP contribution in [0.15, 0.2) is 42.7 Å². The third-order valence-electron chi connectivity index (χ3n) is 4.18. The van der Waals surface area contributed by atoms with E-state index in [2.05, 4.69) is 16.4 Å². The average molecular weight is 428 g/mol. The maximum atomic E-state index is 13.1. The molecule has 0 aliphatic rings. The van der Waals surface area contributed by atoms with E-state index in [-0.39, 0.29) is 17.7 Å². The summed E-state index contributed by atoms with van der Waals surface area (Å²) in [6.45, 7) is 6.41. The highest BCUT2D eigenvalue weighted by Gasteiger charge is 2.22. The first-order valence-corrected chi connectivity index (χ1v) is 10.2. The summed E-state index contributed by atoms with van der Waals surface area (Å²) >= 11 is 1.34. The van der Waals surface area contributed by atoms with Gasteiger partial charge in [0.05, 0.1) is 5.56 Å². The van der Waals surface area contributed by atoms with Crippen LogP contribution in [0.2, 0.25) is 0 Å². The first-order chi connectivity index (χ1) is 14.3. The van der Waals surface area contributed by atoms with Gasteiger partial charge in [-0.05, 0) is 51.1 Å². The predicted octanol–water partition coefficient (Wildman–Crippen LogP) is 4.30. The third-order valence-corrected chi connectivity index (χ3v) is 5.27. The van der Waals surface area contributed by atoms with Crippen molar-refractivity contribution in [3.05, 3.63) is 59.7 Å². The van der Waals surface area contributed by atoms with Crippen LogP contribution in [0.1, 0.15) is 36.7 Å². The van der Waals surface area contributed by atoms with Gasteiger partial charge in [0.1, 0.15) is 30.2 Å². The predicted molar refractivity (Wildman–Crippen MR) is 113 cm³/mol. The molecule has 3 rings (SSSR count).